The number of furan rings is 1. The lowest BCUT2D eigenvalue weighted by molar-refractivity contribution is 0.0515. The fourth-order valence-electron chi connectivity index (χ4n) is 3.19. The summed E-state index contributed by atoms with van der Waals surface area (Å²) in [6.07, 6.45) is 6.59. The molecule has 148 valence electrons. The Morgan fingerprint density at radius 1 is 0.966 bits per heavy atom. The van der Waals surface area contributed by atoms with Crippen LogP contribution in [0.15, 0.2) is 65.7 Å². The first-order valence-corrected chi connectivity index (χ1v) is 9.41. The van der Waals surface area contributed by atoms with E-state index in [1.165, 1.54) is 6.26 Å². The SMILES string of the molecule is O=C(c1cc(NCc2ccncc2)ccn1)N1CCN(C(=O)c2ccco2)CC1. The fourth-order valence-corrected chi connectivity index (χ4v) is 3.19. The number of hydrogen-bond acceptors (Lipinski definition) is 6. The molecule has 0 atom stereocenters. The number of hydrogen-bond donors (Lipinski definition) is 1. The Hall–Kier alpha value is -3.68. The maximum atomic E-state index is 12.8. The van der Waals surface area contributed by atoms with Crippen molar-refractivity contribution in [1.29, 1.82) is 0 Å². The van der Waals surface area contributed by atoms with Crippen LogP contribution >= 0.6 is 0 Å². The number of amides is 2. The second-order valence-electron chi connectivity index (χ2n) is 6.70. The topological polar surface area (TPSA) is 91.6 Å². The van der Waals surface area contributed by atoms with Crippen LogP contribution in [0, 0.1) is 0 Å². The van der Waals surface area contributed by atoms with Crippen LogP contribution in [0.5, 0.6) is 0 Å². The first-order valence-electron chi connectivity index (χ1n) is 9.41. The predicted octanol–water partition coefficient (Wildman–Crippen LogP) is 2.28. The van der Waals surface area contributed by atoms with E-state index < -0.39 is 0 Å². The maximum Gasteiger partial charge on any atom is 0.289 e. The highest BCUT2D eigenvalue weighted by Gasteiger charge is 2.27. The van der Waals surface area contributed by atoms with Crippen LogP contribution in [0.25, 0.3) is 0 Å². The van der Waals surface area contributed by atoms with Gasteiger partial charge in [-0.05, 0) is 42.0 Å². The molecule has 0 unspecified atom stereocenters. The van der Waals surface area contributed by atoms with Crippen molar-refractivity contribution in [3.63, 3.8) is 0 Å². The number of pyridine rings is 2. The Labute approximate surface area is 168 Å². The van der Waals surface area contributed by atoms with Crippen LogP contribution in [0.4, 0.5) is 5.69 Å². The van der Waals surface area contributed by atoms with E-state index in [-0.39, 0.29) is 11.8 Å². The van der Waals surface area contributed by atoms with E-state index in [1.54, 1.807) is 46.6 Å². The Balaban J connectivity index is 1.34. The fraction of sp³-hybridized carbons (Fsp3) is 0.238. The van der Waals surface area contributed by atoms with Gasteiger partial charge in [0.25, 0.3) is 11.8 Å². The Morgan fingerprint density at radius 2 is 1.69 bits per heavy atom. The summed E-state index contributed by atoms with van der Waals surface area (Å²) in [6.45, 7) is 2.48. The quantitative estimate of drug-likeness (QED) is 0.717. The van der Waals surface area contributed by atoms with Crippen molar-refractivity contribution in [2.45, 2.75) is 6.54 Å². The summed E-state index contributed by atoms with van der Waals surface area (Å²) in [5.41, 5.74) is 2.31. The molecule has 2 amide bonds. The molecule has 1 fully saturated rings. The summed E-state index contributed by atoms with van der Waals surface area (Å²) in [5.74, 6) is 0.0320. The van der Waals surface area contributed by atoms with Crippen LogP contribution in [0.3, 0.4) is 0 Å². The summed E-state index contributed by atoms with van der Waals surface area (Å²) in [5, 5.41) is 3.29. The minimum absolute atomic E-state index is 0.136. The summed E-state index contributed by atoms with van der Waals surface area (Å²) >= 11 is 0. The molecule has 0 bridgehead atoms. The van der Waals surface area contributed by atoms with Gasteiger partial charge in [-0.25, -0.2) is 0 Å². The number of nitrogens with zero attached hydrogens (tertiary/aromatic N) is 4. The number of carbonyl (C=O) groups is 2. The van der Waals surface area contributed by atoms with Gasteiger partial charge in [0.05, 0.1) is 6.26 Å². The second kappa shape index (κ2) is 8.55. The molecule has 8 heteroatoms. The molecule has 0 saturated carbocycles. The number of aromatic nitrogens is 2. The van der Waals surface area contributed by atoms with Crippen LogP contribution < -0.4 is 5.32 Å². The summed E-state index contributed by atoms with van der Waals surface area (Å²) in [6, 6.07) is 10.8. The predicted molar refractivity (Wildman–Crippen MR) is 106 cm³/mol. The summed E-state index contributed by atoms with van der Waals surface area (Å²) in [4.78, 5) is 36.8. The molecule has 3 aromatic rings. The van der Waals surface area contributed by atoms with Crippen molar-refractivity contribution in [3.8, 4) is 0 Å². The average molecular weight is 391 g/mol. The Bertz CT molecular complexity index is 967. The lowest BCUT2D eigenvalue weighted by atomic mass is 10.2. The third-order valence-electron chi connectivity index (χ3n) is 4.81. The summed E-state index contributed by atoms with van der Waals surface area (Å²) in [7, 11) is 0. The largest absolute Gasteiger partial charge is 0.459 e. The van der Waals surface area contributed by atoms with Gasteiger partial charge in [0.1, 0.15) is 5.69 Å². The molecule has 1 aliphatic rings. The molecular formula is C21H21N5O3. The van der Waals surface area contributed by atoms with Gasteiger partial charge < -0.3 is 19.5 Å². The lowest BCUT2D eigenvalue weighted by Gasteiger charge is -2.34. The van der Waals surface area contributed by atoms with E-state index in [0.29, 0.717) is 44.2 Å². The van der Waals surface area contributed by atoms with Gasteiger partial charge in [-0.1, -0.05) is 0 Å². The number of rotatable bonds is 5. The monoisotopic (exact) mass is 391 g/mol. The molecule has 0 aliphatic carbocycles. The number of carbonyl (C=O) groups excluding carboxylic acids is 2. The van der Waals surface area contributed by atoms with Crippen molar-refractivity contribution < 1.29 is 14.0 Å². The lowest BCUT2D eigenvalue weighted by Crippen LogP contribution is -2.50. The van der Waals surface area contributed by atoms with Gasteiger partial charge in [0.2, 0.25) is 0 Å². The highest BCUT2D eigenvalue weighted by molar-refractivity contribution is 5.94. The Kier molecular flexibility index (Phi) is 5.51. The molecule has 3 aromatic heterocycles. The zero-order chi connectivity index (χ0) is 20.1. The van der Waals surface area contributed by atoms with Gasteiger partial charge in [0, 0.05) is 57.0 Å². The molecule has 1 N–H and O–H groups in total. The van der Waals surface area contributed by atoms with Crippen LogP contribution in [0.2, 0.25) is 0 Å². The van der Waals surface area contributed by atoms with Crippen molar-refractivity contribution in [2.24, 2.45) is 0 Å². The zero-order valence-electron chi connectivity index (χ0n) is 15.8. The van der Waals surface area contributed by atoms with Crippen LogP contribution in [-0.4, -0.2) is 57.8 Å². The number of piperazine rings is 1. The zero-order valence-corrected chi connectivity index (χ0v) is 15.8. The highest BCUT2D eigenvalue weighted by atomic mass is 16.3. The minimum atomic E-state index is -0.150. The first kappa shape index (κ1) is 18.7. The smallest absolute Gasteiger partial charge is 0.289 e. The van der Waals surface area contributed by atoms with E-state index >= 15 is 0 Å². The average Bonchev–Trinajstić information content (AvgIpc) is 3.33. The van der Waals surface area contributed by atoms with Crippen LogP contribution in [-0.2, 0) is 6.54 Å². The van der Waals surface area contributed by atoms with E-state index in [1.807, 2.05) is 18.2 Å². The Morgan fingerprint density at radius 3 is 2.38 bits per heavy atom. The third-order valence-corrected chi connectivity index (χ3v) is 4.81. The van der Waals surface area contributed by atoms with E-state index in [0.717, 1.165) is 11.3 Å². The van der Waals surface area contributed by atoms with E-state index in [4.69, 9.17) is 4.42 Å². The maximum absolute atomic E-state index is 12.8. The molecule has 8 nitrogen and oxygen atoms in total. The number of anilines is 1. The van der Waals surface area contributed by atoms with Gasteiger partial charge >= 0.3 is 0 Å². The van der Waals surface area contributed by atoms with E-state index in [2.05, 4.69) is 15.3 Å². The minimum Gasteiger partial charge on any atom is -0.459 e. The highest BCUT2D eigenvalue weighted by Crippen LogP contribution is 2.14. The standard InChI is InChI=1S/C21H21N5O3/c27-20(25-9-11-26(12-10-25)21(28)19-2-1-13-29-19)18-14-17(5-8-23-18)24-15-16-3-6-22-7-4-16/h1-8,13-14H,9-12,15H2,(H,23,24). The first-order chi connectivity index (χ1) is 14.2. The van der Waals surface area contributed by atoms with E-state index in [9.17, 15) is 9.59 Å². The molecule has 1 aliphatic heterocycles. The molecule has 0 radical (unpaired) electrons. The molecule has 1 saturated heterocycles. The van der Waals surface area contributed by atoms with Crippen molar-refractivity contribution in [2.75, 3.05) is 31.5 Å². The van der Waals surface area contributed by atoms with Crippen molar-refractivity contribution in [3.05, 3.63) is 78.3 Å². The second-order valence-corrected chi connectivity index (χ2v) is 6.70. The molecule has 29 heavy (non-hydrogen) atoms. The molecule has 0 aromatic carbocycles. The van der Waals surface area contributed by atoms with Gasteiger partial charge in [-0.3, -0.25) is 19.6 Å². The van der Waals surface area contributed by atoms with Gasteiger partial charge in [-0.15, -0.1) is 0 Å². The molecule has 0 spiro atoms. The normalized spacial score (nSPS) is 13.9. The van der Waals surface area contributed by atoms with Gasteiger partial charge in [-0.2, -0.15) is 0 Å². The number of nitrogens with one attached hydrogen (secondary N) is 1. The molecule has 4 heterocycles. The van der Waals surface area contributed by atoms with Gasteiger partial charge in [0.15, 0.2) is 5.76 Å². The van der Waals surface area contributed by atoms with Crippen LogP contribution in [0.1, 0.15) is 26.6 Å². The molecule has 4 rings (SSSR count). The molecular weight excluding hydrogens is 370 g/mol. The summed E-state index contributed by atoms with van der Waals surface area (Å²) < 4.78 is 5.17. The van der Waals surface area contributed by atoms with Crippen molar-refractivity contribution >= 4 is 17.5 Å². The third kappa shape index (κ3) is 4.43. The van der Waals surface area contributed by atoms with Crippen molar-refractivity contribution in [1.82, 2.24) is 19.8 Å².